The number of nitrogens with two attached hydrogens (primary N) is 1. The quantitative estimate of drug-likeness (QED) is 0.422. The number of nitrogens with one attached hydrogen (secondary N) is 1. The van der Waals surface area contributed by atoms with Gasteiger partial charge in [0.2, 0.25) is 0 Å². The number of piperidine rings is 2. The molecule has 0 aromatic heterocycles. The fourth-order valence-corrected chi connectivity index (χ4v) is 3.73. The van der Waals surface area contributed by atoms with Gasteiger partial charge in [-0.3, -0.25) is 0 Å². The van der Waals surface area contributed by atoms with Crippen molar-refractivity contribution in [2.24, 2.45) is 0 Å². The number of rotatable bonds is 2. The third-order valence-corrected chi connectivity index (χ3v) is 5.40. The summed E-state index contributed by atoms with van der Waals surface area (Å²) < 4.78 is 0. The SMILES string of the molecule is N#CC(=C1CCN(C(=O)N2CCC(O)CC2)CC1)c1cccc(C=N)c1N. The van der Waals surface area contributed by atoms with Crippen LogP contribution in [0.1, 0.15) is 36.8 Å². The van der Waals surface area contributed by atoms with E-state index in [-0.39, 0.29) is 12.1 Å². The summed E-state index contributed by atoms with van der Waals surface area (Å²) in [5.74, 6) is 0. The number of aliphatic hydroxyl groups is 1. The highest BCUT2D eigenvalue weighted by atomic mass is 16.3. The number of hydrogen-bond acceptors (Lipinski definition) is 5. The van der Waals surface area contributed by atoms with E-state index in [9.17, 15) is 15.2 Å². The number of urea groups is 1. The van der Waals surface area contributed by atoms with E-state index >= 15 is 0 Å². The van der Waals surface area contributed by atoms with Crippen molar-refractivity contribution in [3.8, 4) is 6.07 Å². The van der Waals surface area contributed by atoms with Crippen molar-refractivity contribution in [3.05, 3.63) is 34.9 Å². The molecule has 2 amide bonds. The van der Waals surface area contributed by atoms with Gasteiger partial charge in [0.15, 0.2) is 0 Å². The number of hydrogen-bond donors (Lipinski definition) is 3. The third-order valence-electron chi connectivity index (χ3n) is 5.40. The van der Waals surface area contributed by atoms with Crippen LogP contribution >= 0.6 is 0 Å². The monoisotopic (exact) mass is 367 g/mol. The van der Waals surface area contributed by atoms with Crippen molar-refractivity contribution < 1.29 is 9.90 Å². The molecule has 2 aliphatic heterocycles. The van der Waals surface area contributed by atoms with Gasteiger partial charge in [0.05, 0.1) is 17.7 Å². The molecular weight excluding hydrogens is 342 g/mol. The van der Waals surface area contributed by atoms with E-state index in [1.165, 1.54) is 6.21 Å². The lowest BCUT2D eigenvalue weighted by Gasteiger charge is -2.36. The number of aliphatic hydroxyl groups excluding tert-OH is 1. The predicted octanol–water partition coefficient (Wildman–Crippen LogP) is 2.22. The van der Waals surface area contributed by atoms with Crippen LogP contribution < -0.4 is 5.73 Å². The molecule has 2 fully saturated rings. The summed E-state index contributed by atoms with van der Waals surface area (Å²) in [4.78, 5) is 16.3. The summed E-state index contributed by atoms with van der Waals surface area (Å²) in [6, 6.07) is 7.65. The first kappa shape index (κ1) is 18.9. The van der Waals surface area contributed by atoms with Gasteiger partial charge in [0.25, 0.3) is 0 Å². The Labute approximate surface area is 159 Å². The lowest BCUT2D eigenvalue weighted by molar-refractivity contribution is 0.0803. The average molecular weight is 367 g/mol. The molecule has 2 heterocycles. The number of nitrogens with zero attached hydrogens (tertiary/aromatic N) is 3. The van der Waals surface area contributed by atoms with E-state index in [0.29, 0.717) is 74.2 Å². The van der Waals surface area contributed by atoms with Gasteiger partial charge in [0, 0.05) is 49.2 Å². The summed E-state index contributed by atoms with van der Waals surface area (Å²) in [5, 5.41) is 26.7. The molecule has 7 nitrogen and oxygen atoms in total. The first-order valence-corrected chi connectivity index (χ1v) is 9.28. The summed E-state index contributed by atoms with van der Waals surface area (Å²) in [6.45, 7) is 2.33. The van der Waals surface area contributed by atoms with Crippen LogP contribution in [-0.4, -0.2) is 59.4 Å². The number of para-hydroxylation sites is 1. The zero-order chi connectivity index (χ0) is 19.4. The summed E-state index contributed by atoms with van der Waals surface area (Å²) in [6.07, 6.45) is 3.43. The van der Waals surface area contributed by atoms with Gasteiger partial charge in [-0.1, -0.05) is 18.2 Å². The number of likely N-dealkylation sites (tertiary alicyclic amines) is 2. The maximum atomic E-state index is 12.7. The average Bonchev–Trinajstić information content (AvgIpc) is 2.70. The Morgan fingerprint density at radius 1 is 1.22 bits per heavy atom. The minimum atomic E-state index is -0.301. The molecule has 2 saturated heterocycles. The Balaban J connectivity index is 1.72. The first-order chi connectivity index (χ1) is 13.0. The van der Waals surface area contributed by atoms with Crippen molar-refractivity contribution in [2.75, 3.05) is 31.9 Å². The van der Waals surface area contributed by atoms with Crippen LogP contribution in [0.4, 0.5) is 10.5 Å². The lowest BCUT2D eigenvalue weighted by Crippen LogP contribution is -2.49. The molecule has 0 radical (unpaired) electrons. The fourth-order valence-electron chi connectivity index (χ4n) is 3.73. The van der Waals surface area contributed by atoms with Gasteiger partial charge in [0.1, 0.15) is 0 Å². The number of amides is 2. The van der Waals surface area contributed by atoms with E-state index in [1.807, 2.05) is 11.0 Å². The molecule has 142 valence electrons. The molecule has 0 saturated carbocycles. The van der Waals surface area contributed by atoms with Gasteiger partial charge in [-0.25, -0.2) is 4.79 Å². The molecule has 1 aromatic rings. The first-order valence-electron chi connectivity index (χ1n) is 9.28. The van der Waals surface area contributed by atoms with Crippen LogP contribution in [0.3, 0.4) is 0 Å². The number of carbonyl (C=O) groups is 1. The Bertz CT molecular complexity index is 793. The second-order valence-corrected chi connectivity index (χ2v) is 7.03. The van der Waals surface area contributed by atoms with Crippen molar-refractivity contribution in [1.29, 1.82) is 10.7 Å². The van der Waals surface area contributed by atoms with Crippen LogP contribution in [0, 0.1) is 16.7 Å². The topological polar surface area (TPSA) is 117 Å². The maximum Gasteiger partial charge on any atom is 0.320 e. The van der Waals surface area contributed by atoms with Gasteiger partial charge in [-0.2, -0.15) is 5.26 Å². The zero-order valence-electron chi connectivity index (χ0n) is 15.3. The number of carbonyl (C=O) groups excluding carboxylic acids is 1. The summed E-state index contributed by atoms with van der Waals surface area (Å²) in [7, 11) is 0. The Morgan fingerprint density at radius 3 is 2.44 bits per heavy atom. The van der Waals surface area contributed by atoms with E-state index in [4.69, 9.17) is 11.1 Å². The summed E-state index contributed by atoms with van der Waals surface area (Å²) >= 11 is 0. The molecule has 0 spiro atoms. The Hall–Kier alpha value is -2.85. The van der Waals surface area contributed by atoms with E-state index in [2.05, 4.69) is 6.07 Å². The molecule has 3 rings (SSSR count). The van der Waals surface area contributed by atoms with Crippen LogP contribution in [0.5, 0.6) is 0 Å². The van der Waals surface area contributed by atoms with Gasteiger partial charge < -0.3 is 26.0 Å². The summed E-state index contributed by atoms with van der Waals surface area (Å²) in [5.41, 5.74) is 9.41. The maximum absolute atomic E-state index is 12.7. The highest BCUT2D eigenvalue weighted by Crippen LogP contribution is 2.31. The standard InChI is InChI=1S/C20H25N5O2/c21-12-15-2-1-3-17(19(15)23)18(13-22)14-4-8-24(9-5-14)20(27)25-10-6-16(26)7-11-25/h1-3,12,16,21,26H,4-11,23H2. The molecule has 7 heteroatoms. The minimum Gasteiger partial charge on any atom is -0.398 e. The molecule has 1 aromatic carbocycles. The second-order valence-electron chi connectivity index (χ2n) is 7.03. The molecule has 0 bridgehead atoms. The highest BCUT2D eigenvalue weighted by Gasteiger charge is 2.28. The number of nitrogen functional groups attached to an aromatic ring is 1. The molecule has 0 aliphatic carbocycles. The van der Waals surface area contributed by atoms with Gasteiger partial charge in [-0.05, 0) is 31.3 Å². The Kier molecular flexibility index (Phi) is 5.77. The van der Waals surface area contributed by atoms with Crippen molar-refractivity contribution in [3.63, 3.8) is 0 Å². The van der Waals surface area contributed by atoms with Crippen molar-refractivity contribution >= 4 is 23.5 Å². The van der Waals surface area contributed by atoms with Crippen LogP contribution in [-0.2, 0) is 0 Å². The molecule has 27 heavy (non-hydrogen) atoms. The molecule has 2 aliphatic rings. The normalized spacial score (nSPS) is 18.1. The highest BCUT2D eigenvalue weighted by molar-refractivity contribution is 5.94. The van der Waals surface area contributed by atoms with Gasteiger partial charge >= 0.3 is 6.03 Å². The fraction of sp³-hybridized carbons (Fsp3) is 0.450. The van der Waals surface area contributed by atoms with E-state index < -0.39 is 0 Å². The number of allylic oxidation sites excluding steroid dienone is 1. The predicted molar refractivity (Wildman–Crippen MR) is 104 cm³/mol. The minimum absolute atomic E-state index is 0.0183. The van der Waals surface area contributed by atoms with E-state index in [1.54, 1.807) is 17.0 Å². The lowest BCUT2D eigenvalue weighted by atomic mass is 9.92. The number of anilines is 1. The third kappa shape index (κ3) is 3.96. The largest absolute Gasteiger partial charge is 0.398 e. The number of nitriles is 1. The van der Waals surface area contributed by atoms with Crippen LogP contribution in [0.25, 0.3) is 5.57 Å². The molecular formula is C20H25N5O2. The zero-order valence-corrected chi connectivity index (χ0v) is 15.3. The number of benzene rings is 1. The van der Waals surface area contributed by atoms with Crippen LogP contribution in [0.15, 0.2) is 23.8 Å². The smallest absolute Gasteiger partial charge is 0.320 e. The molecule has 4 N–H and O–H groups in total. The van der Waals surface area contributed by atoms with E-state index in [0.717, 1.165) is 5.57 Å². The van der Waals surface area contributed by atoms with Crippen molar-refractivity contribution in [1.82, 2.24) is 9.80 Å². The van der Waals surface area contributed by atoms with Gasteiger partial charge in [-0.15, -0.1) is 0 Å². The second kappa shape index (κ2) is 8.23. The van der Waals surface area contributed by atoms with Crippen molar-refractivity contribution in [2.45, 2.75) is 31.8 Å². The Morgan fingerprint density at radius 2 is 1.85 bits per heavy atom. The molecule has 0 atom stereocenters. The van der Waals surface area contributed by atoms with Crippen LogP contribution in [0.2, 0.25) is 0 Å². The molecule has 0 unspecified atom stereocenters.